The van der Waals surface area contributed by atoms with Crippen LogP contribution in [-0.2, 0) is 4.79 Å². The molecule has 18 heavy (non-hydrogen) atoms. The molecule has 1 amide bonds. The van der Waals surface area contributed by atoms with Gasteiger partial charge in [0.1, 0.15) is 11.6 Å². The molecule has 1 aliphatic rings. The minimum atomic E-state index is -0.544. The van der Waals surface area contributed by atoms with Crippen LogP contribution < -0.4 is 4.90 Å². The van der Waals surface area contributed by atoms with Crippen LogP contribution in [0.2, 0.25) is 0 Å². The number of nitrogens with zero attached hydrogens (tertiary/aromatic N) is 5. The highest BCUT2D eigenvalue weighted by Gasteiger charge is 2.26. The van der Waals surface area contributed by atoms with E-state index in [-0.39, 0.29) is 5.92 Å². The van der Waals surface area contributed by atoms with Crippen LogP contribution in [-0.4, -0.2) is 33.9 Å². The third-order valence-corrected chi connectivity index (χ3v) is 3.06. The number of hydrogen-bond donors (Lipinski definition) is 0. The predicted octanol–water partition coefficient (Wildman–Crippen LogP) is 0.998. The highest BCUT2D eigenvalue weighted by Crippen LogP contribution is 2.21. The zero-order valence-corrected chi connectivity index (χ0v) is 10.5. The molecule has 0 bridgehead atoms. The van der Waals surface area contributed by atoms with Crippen molar-refractivity contribution in [2.75, 3.05) is 18.0 Å². The summed E-state index contributed by atoms with van der Waals surface area (Å²) in [7, 11) is 0. The Morgan fingerprint density at radius 1 is 1.17 bits per heavy atom. The molecule has 2 rings (SSSR count). The molecule has 0 atom stereocenters. The number of carbonyl (C=O) groups is 1. The molecular weight excluding hydrogens is 234 g/mol. The molecule has 7 heteroatoms. The smallest absolute Gasteiger partial charge is 0.289 e. The van der Waals surface area contributed by atoms with Crippen LogP contribution in [0.5, 0.6) is 0 Å². The first-order valence-electron chi connectivity index (χ1n) is 5.91. The lowest BCUT2D eigenvalue weighted by Gasteiger charge is -2.30. The van der Waals surface area contributed by atoms with Gasteiger partial charge in [0.2, 0.25) is 5.95 Å². The summed E-state index contributed by atoms with van der Waals surface area (Å²) in [5.41, 5.74) is 0. The average Bonchev–Trinajstić information content (AvgIpc) is 2.37. The second kappa shape index (κ2) is 5.16. The Morgan fingerprint density at radius 2 is 1.72 bits per heavy atom. The Balaban J connectivity index is 2.05. The topological polar surface area (TPSA) is 88.4 Å². The Hall–Kier alpha value is -1.92. The van der Waals surface area contributed by atoms with Crippen molar-refractivity contribution in [1.82, 2.24) is 15.0 Å². The lowest BCUT2D eigenvalue weighted by Crippen LogP contribution is -2.37. The van der Waals surface area contributed by atoms with Crippen molar-refractivity contribution in [3.63, 3.8) is 0 Å². The molecule has 0 spiro atoms. The van der Waals surface area contributed by atoms with E-state index in [0.717, 1.165) is 0 Å². The number of aryl methyl sites for hydroxylation is 2. The molecule has 1 saturated heterocycles. The molecule has 0 aromatic carbocycles. The number of nitroso groups, excluding NO2 is 1. The fourth-order valence-electron chi connectivity index (χ4n) is 2.14. The fourth-order valence-corrected chi connectivity index (χ4v) is 2.14. The second-order valence-corrected chi connectivity index (χ2v) is 4.42. The highest BCUT2D eigenvalue weighted by molar-refractivity contribution is 5.79. The summed E-state index contributed by atoms with van der Waals surface area (Å²) in [6, 6.07) is 0. The van der Waals surface area contributed by atoms with E-state index in [0.29, 0.717) is 43.5 Å². The van der Waals surface area contributed by atoms with Crippen LogP contribution in [0.1, 0.15) is 24.5 Å². The van der Waals surface area contributed by atoms with Gasteiger partial charge >= 0.3 is 0 Å². The lowest BCUT2D eigenvalue weighted by molar-refractivity contribution is -0.122. The number of piperidine rings is 1. The first kappa shape index (κ1) is 12.5. The van der Waals surface area contributed by atoms with Gasteiger partial charge in [0, 0.05) is 24.2 Å². The normalized spacial score (nSPS) is 16.7. The maximum atomic E-state index is 11.2. The number of amides is 1. The Morgan fingerprint density at radius 3 is 2.22 bits per heavy atom. The van der Waals surface area contributed by atoms with Gasteiger partial charge in [-0.05, 0) is 26.7 Å². The molecule has 0 radical (unpaired) electrons. The molecule has 1 aromatic heterocycles. The van der Waals surface area contributed by atoms with Crippen molar-refractivity contribution >= 4 is 11.9 Å². The van der Waals surface area contributed by atoms with Crippen molar-refractivity contribution in [2.24, 2.45) is 11.1 Å². The fraction of sp³-hybridized carbons (Fsp3) is 0.636. The zero-order chi connectivity index (χ0) is 13.1. The van der Waals surface area contributed by atoms with Crippen molar-refractivity contribution in [3.05, 3.63) is 16.6 Å². The molecule has 0 unspecified atom stereocenters. The Bertz CT molecular complexity index is 448. The lowest BCUT2D eigenvalue weighted by atomic mass is 9.96. The molecule has 0 N–H and O–H groups in total. The maximum absolute atomic E-state index is 11.2. The largest absolute Gasteiger partial charge is 0.341 e. The zero-order valence-electron chi connectivity index (χ0n) is 10.5. The van der Waals surface area contributed by atoms with Gasteiger partial charge in [-0.25, -0.2) is 4.98 Å². The van der Waals surface area contributed by atoms with Crippen LogP contribution in [0.3, 0.4) is 0 Å². The summed E-state index contributed by atoms with van der Waals surface area (Å²) < 4.78 is 0. The van der Waals surface area contributed by atoms with E-state index in [4.69, 9.17) is 0 Å². The van der Waals surface area contributed by atoms with E-state index < -0.39 is 5.91 Å². The number of rotatable bonds is 2. The monoisotopic (exact) mass is 249 g/mol. The Labute approximate surface area is 105 Å². The molecule has 1 aliphatic heterocycles. The van der Waals surface area contributed by atoms with E-state index >= 15 is 0 Å². The van der Waals surface area contributed by atoms with Gasteiger partial charge in [-0.2, -0.15) is 9.97 Å². The summed E-state index contributed by atoms with van der Waals surface area (Å²) in [6.45, 7) is 4.97. The van der Waals surface area contributed by atoms with E-state index in [1.54, 1.807) is 0 Å². The second-order valence-electron chi connectivity index (χ2n) is 4.42. The molecule has 0 saturated carbocycles. The number of hydrogen-bond acceptors (Lipinski definition) is 6. The molecule has 7 nitrogen and oxygen atoms in total. The van der Waals surface area contributed by atoms with Gasteiger partial charge in [-0.3, -0.25) is 4.79 Å². The summed E-state index contributed by atoms with van der Waals surface area (Å²) in [5, 5.41) is 2.49. The summed E-state index contributed by atoms with van der Waals surface area (Å²) in [4.78, 5) is 36.1. The summed E-state index contributed by atoms with van der Waals surface area (Å²) in [5.74, 6) is 1.22. The SMILES string of the molecule is Cc1nc(C)nc(N2CCC(C(=O)N=O)CC2)n1. The van der Waals surface area contributed by atoms with Gasteiger partial charge in [-0.1, -0.05) is 0 Å². The maximum Gasteiger partial charge on any atom is 0.289 e. The number of aromatic nitrogens is 3. The van der Waals surface area contributed by atoms with Gasteiger partial charge < -0.3 is 4.90 Å². The van der Waals surface area contributed by atoms with Crippen molar-refractivity contribution in [1.29, 1.82) is 0 Å². The Kier molecular flexibility index (Phi) is 3.59. The third kappa shape index (κ3) is 2.66. The van der Waals surface area contributed by atoms with Crippen molar-refractivity contribution in [3.8, 4) is 0 Å². The minimum absolute atomic E-state index is 0.247. The first-order chi connectivity index (χ1) is 8.60. The van der Waals surface area contributed by atoms with Crippen molar-refractivity contribution < 1.29 is 4.79 Å². The van der Waals surface area contributed by atoms with Crippen molar-refractivity contribution in [2.45, 2.75) is 26.7 Å². The van der Waals surface area contributed by atoms with E-state index in [2.05, 4.69) is 20.1 Å². The average molecular weight is 249 g/mol. The van der Waals surface area contributed by atoms with Crippen LogP contribution >= 0.6 is 0 Å². The summed E-state index contributed by atoms with van der Waals surface area (Å²) >= 11 is 0. The van der Waals surface area contributed by atoms with Gasteiger partial charge in [0.05, 0.1) is 0 Å². The first-order valence-corrected chi connectivity index (χ1v) is 5.91. The number of anilines is 1. The highest BCUT2D eigenvalue weighted by atomic mass is 16.3. The van der Waals surface area contributed by atoms with Gasteiger partial charge in [0.25, 0.3) is 5.91 Å². The standard InChI is InChI=1S/C11H15N5O2/c1-7-12-8(2)14-11(13-7)16-5-3-9(4-6-16)10(17)15-18/h9H,3-6H2,1-2H3. The van der Waals surface area contributed by atoms with E-state index in [1.807, 2.05) is 18.7 Å². The summed E-state index contributed by atoms with van der Waals surface area (Å²) in [6.07, 6.45) is 1.24. The van der Waals surface area contributed by atoms with Crippen LogP contribution in [0.15, 0.2) is 5.18 Å². The molecule has 0 aliphatic carbocycles. The molecule has 96 valence electrons. The third-order valence-electron chi connectivity index (χ3n) is 3.06. The van der Waals surface area contributed by atoms with E-state index in [1.165, 1.54) is 0 Å². The van der Waals surface area contributed by atoms with Crippen LogP contribution in [0.4, 0.5) is 5.95 Å². The molecule has 2 heterocycles. The van der Waals surface area contributed by atoms with E-state index in [9.17, 15) is 9.70 Å². The molecule has 1 fully saturated rings. The minimum Gasteiger partial charge on any atom is -0.341 e. The molecular formula is C11H15N5O2. The van der Waals surface area contributed by atoms with Gasteiger partial charge in [0.15, 0.2) is 0 Å². The van der Waals surface area contributed by atoms with Crippen LogP contribution in [0.25, 0.3) is 0 Å². The number of carbonyl (C=O) groups excluding carboxylic acids is 1. The quantitative estimate of drug-likeness (QED) is 0.726. The van der Waals surface area contributed by atoms with Gasteiger partial charge in [-0.15, -0.1) is 4.91 Å². The van der Waals surface area contributed by atoms with Crippen LogP contribution in [0, 0.1) is 24.7 Å². The molecule has 1 aromatic rings. The predicted molar refractivity (Wildman–Crippen MR) is 65.0 cm³/mol.